The number of fused-ring (bicyclic) bond motifs is 3. The number of rotatable bonds is 9. The van der Waals surface area contributed by atoms with Gasteiger partial charge in [-0.05, 0) is 69.1 Å². The van der Waals surface area contributed by atoms with E-state index in [-0.39, 0.29) is 0 Å². The van der Waals surface area contributed by atoms with E-state index in [1.165, 1.54) is 11.3 Å². The SMILES string of the molecule is CN(C)c1ccc(CNCc2ccc(C(O)(c3ccc4c(c3)c(-c3cccc(Cl)c3)nc3nnnn34)c3cncn3C)cc2)cc1. The molecule has 3 aromatic heterocycles. The zero-order valence-electron chi connectivity index (χ0n) is 25.6. The predicted octanol–water partition coefficient (Wildman–Crippen LogP) is 5.37. The molecule has 0 saturated heterocycles. The van der Waals surface area contributed by atoms with E-state index in [2.05, 4.69) is 55.0 Å². The highest BCUT2D eigenvalue weighted by Gasteiger charge is 2.37. The Bertz CT molecular complexity index is 2160. The first-order valence-corrected chi connectivity index (χ1v) is 15.2. The Morgan fingerprint density at radius 2 is 1.61 bits per heavy atom. The number of anilines is 1. The van der Waals surface area contributed by atoms with E-state index in [0.717, 1.165) is 28.6 Å². The number of hydrogen-bond acceptors (Lipinski definition) is 8. The number of tetrazole rings is 1. The summed E-state index contributed by atoms with van der Waals surface area (Å²) in [5.74, 6) is 0.367. The Morgan fingerprint density at radius 3 is 2.28 bits per heavy atom. The molecule has 3 heterocycles. The highest BCUT2D eigenvalue weighted by molar-refractivity contribution is 6.30. The molecule has 0 aliphatic carbocycles. The summed E-state index contributed by atoms with van der Waals surface area (Å²) in [6, 6.07) is 29.8. The molecule has 0 amide bonds. The number of nitrogens with one attached hydrogen (secondary N) is 1. The van der Waals surface area contributed by atoms with Crippen molar-refractivity contribution in [1.29, 1.82) is 0 Å². The number of aryl methyl sites for hydroxylation is 1. The zero-order valence-corrected chi connectivity index (χ0v) is 26.4. The summed E-state index contributed by atoms with van der Waals surface area (Å²) in [5.41, 5.74) is 6.17. The minimum atomic E-state index is -1.53. The van der Waals surface area contributed by atoms with E-state index < -0.39 is 5.60 Å². The lowest BCUT2D eigenvalue weighted by Crippen LogP contribution is -2.31. The van der Waals surface area contributed by atoms with Crippen LogP contribution in [0.5, 0.6) is 0 Å². The van der Waals surface area contributed by atoms with Gasteiger partial charge in [-0.2, -0.15) is 4.52 Å². The first kappa shape index (κ1) is 29.5. The summed E-state index contributed by atoms with van der Waals surface area (Å²) in [5, 5.41) is 29.7. The second kappa shape index (κ2) is 12.0. The van der Waals surface area contributed by atoms with Crippen molar-refractivity contribution in [3.8, 4) is 11.3 Å². The summed E-state index contributed by atoms with van der Waals surface area (Å²) in [6.45, 7) is 1.44. The maximum absolute atomic E-state index is 12.7. The van der Waals surface area contributed by atoms with Crippen molar-refractivity contribution >= 4 is 34.0 Å². The van der Waals surface area contributed by atoms with Gasteiger partial charge in [0, 0.05) is 55.9 Å². The number of aromatic nitrogens is 7. The van der Waals surface area contributed by atoms with Gasteiger partial charge < -0.3 is 19.9 Å². The number of halogens is 1. The normalized spacial score (nSPS) is 12.9. The average Bonchev–Trinajstić information content (AvgIpc) is 3.73. The summed E-state index contributed by atoms with van der Waals surface area (Å²) < 4.78 is 3.43. The topological polar surface area (TPSA) is 109 Å². The molecule has 7 rings (SSSR count). The van der Waals surface area contributed by atoms with E-state index in [1.807, 2.05) is 92.4 Å². The van der Waals surface area contributed by atoms with Crippen molar-refractivity contribution in [2.24, 2.45) is 7.05 Å². The number of imidazole rings is 1. The predicted molar refractivity (Wildman–Crippen MR) is 180 cm³/mol. The monoisotopic (exact) mass is 629 g/mol. The van der Waals surface area contributed by atoms with Crippen molar-refractivity contribution in [2.45, 2.75) is 18.7 Å². The van der Waals surface area contributed by atoms with Gasteiger partial charge in [-0.1, -0.05) is 71.3 Å². The molecule has 0 bridgehead atoms. The molecule has 11 heteroatoms. The van der Waals surface area contributed by atoms with Crippen LogP contribution >= 0.6 is 11.6 Å². The Labute approximate surface area is 270 Å². The quantitative estimate of drug-likeness (QED) is 0.220. The minimum Gasteiger partial charge on any atom is -0.378 e. The van der Waals surface area contributed by atoms with Crippen LogP contribution in [0.15, 0.2) is 104 Å². The standard InChI is InChI=1S/C35H32ClN9O/c1-43(2)29-14-9-24(10-15-29)20-37-19-23-7-11-26(12-8-23)35(46,32-21-38-22-44(32)3)27-13-16-31-30(18-27)33(25-5-4-6-28(36)17-25)39-34-40-41-42-45(31)34/h4-18,21-22,37,46H,19-20H2,1-3H3. The molecular formula is C35H32ClN9O. The lowest BCUT2D eigenvalue weighted by molar-refractivity contribution is 0.117. The van der Waals surface area contributed by atoms with Crippen LogP contribution in [0.2, 0.25) is 5.02 Å². The largest absolute Gasteiger partial charge is 0.378 e. The minimum absolute atomic E-state index is 0.367. The molecule has 0 spiro atoms. The molecule has 230 valence electrons. The van der Waals surface area contributed by atoms with Gasteiger partial charge in [0.2, 0.25) is 0 Å². The Kier molecular flexibility index (Phi) is 7.69. The van der Waals surface area contributed by atoms with Crippen LogP contribution < -0.4 is 10.2 Å². The molecule has 0 saturated carbocycles. The van der Waals surface area contributed by atoms with Gasteiger partial charge in [-0.15, -0.1) is 0 Å². The lowest BCUT2D eigenvalue weighted by Gasteiger charge is -2.30. The van der Waals surface area contributed by atoms with Crippen molar-refractivity contribution in [2.75, 3.05) is 19.0 Å². The molecule has 0 radical (unpaired) electrons. The number of hydrogen-bond donors (Lipinski definition) is 2. The third-order valence-electron chi connectivity index (χ3n) is 8.33. The van der Waals surface area contributed by atoms with E-state index in [4.69, 9.17) is 16.6 Å². The second-order valence-corrected chi connectivity index (χ2v) is 12.0. The molecule has 10 nitrogen and oxygen atoms in total. The fourth-order valence-electron chi connectivity index (χ4n) is 5.85. The molecule has 0 fully saturated rings. The average molecular weight is 630 g/mol. The van der Waals surface area contributed by atoms with Crippen molar-refractivity contribution in [1.82, 2.24) is 39.9 Å². The van der Waals surface area contributed by atoms with Crippen LogP contribution in [0, 0.1) is 0 Å². The summed E-state index contributed by atoms with van der Waals surface area (Å²) in [4.78, 5) is 11.2. The zero-order chi connectivity index (χ0) is 31.8. The van der Waals surface area contributed by atoms with Gasteiger partial charge in [0.05, 0.1) is 29.4 Å². The maximum Gasteiger partial charge on any atom is 0.274 e. The van der Waals surface area contributed by atoms with Crippen LogP contribution in [0.3, 0.4) is 0 Å². The molecule has 0 aliphatic heterocycles. The molecule has 46 heavy (non-hydrogen) atoms. The fourth-order valence-corrected chi connectivity index (χ4v) is 6.04. The van der Waals surface area contributed by atoms with Crippen LogP contribution in [0.25, 0.3) is 27.9 Å². The molecule has 2 N–H and O–H groups in total. The molecule has 4 aromatic carbocycles. The number of nitrogens with zero attached hydrogens (tertiary/aromatic N) is 8. The Balaban J connectivity index is 1.26. The summed E-state index contributed by atoms with van der Waals surface area (Å²) in [6.07, 6.45) is 3.39. The Morgan fingerprint density at radius 1 is 0.891 bits per heavy atom. The van der Waals surface area contributed by atoms with Gasteiger partial charge in [-0.3, -0.25) is 0 Å². The molecule has 7 aromatic rings. The molecular weight excluding hydrogens is 598 g/mol. The molecule has 1 atom stereocenters. The lowest BCUT2D eigenvalue weighted by atomic mass is 9.82. The van der Waals surface area contributed by atoms with Gasteiger partial charge in [0.15, 0.2) is 5.60 Å². The van der Waals surface area contributed by atoms with E-state index in [0.29, 0.717) is 39.9 Å². The van der Waals surface area contributed by atoms with Gasteiger partial charge in [0.25, 0.3) is 5.78 Å². The van der Waals surface area contributed by atoms with E-state index in [9.17, 15) is 5.11 Å². The molecule has 1 unspecified atom stereocenters. The highest BCUT2D eigenvalue weighted by Crippen LogP contribution is 2.39. The molecule has 0 aliphatic rings. The smallest absolute Gasteiger partial charge is 0.274 e. The summed E-state index contributed by atoms with van der Waals surface area (Å²) in [7, 11) is 5.95. The number of aliphatic hydroxyl groups is 1. The number of benzene rings is 4. The van der Waals surface area contributed by atoms with Gasteiger partial charge in [0.1, 0.15) is 0 Å². The van der Waals surface area contributed by atoms with Crippen LogP contribution in [0.1, 0.15) is 27.9 Å². The maximum atomic E-state index is 12.7. The van der Waals surface area contributed by atoms with Gasteiger partial charge in [-0.25, -0.2) is 9.97 Å². The highest BCUT2D eigenvalue weighted by atomic mass is 35.5. The third kappa shape index (κ3) is 5.36. The van der Waals surface area contributed by atoms with E-state index in [1.54, 1.807) is 17.0 Å². The fraction of sp³-hybridized carbons (Fsp3) is 0.171. The van der Waals surface area contributed by atoms with Gasteiger partial charge >= 0.3 is 0 Å². The Hall–Kier alpha value is -5.16. The van der Waals surface area contributed by atoms with E-state index >= 15 is 0 Å². The first-order valence-electron chi connectivity index (χ1n) is 14.8. The van der Waals surface area contributed by atoms with Crippen LogP contribution in [-0.4, -0.2) is 53.8 Å². The van der Waals surface area contributed by atoms with Crippen LogP contribution in [0.4, 0.5) is 5.69 Å². The van der Waals surface area contributed by atoms with Crippen molar-refractivity contribution in [3.05, 3.63) is 136 Å². The third-order valence-corrected chi connectivity index (χ3v) is 8.57. The van der Waals surface area contributed by atoms with Crippen LogP contribution in [-0.2, 0) is 25.7 Å². The second-order valence-electron chi connectivity index (χ2n) is 11.6. The summed E-state index contributed by atoms with van der Waals surface area (Å²) >= 11 is 6.37. The first-order chi connectivity index (χ1) is 22.3. The van der Waals surface area contributed by atoms with Crippen molar-refractivity contribution in [3.63, 3.8) is 0 Å². The van der Waals surface area contributed by atoms with Crippen molar-refractivity contribution < 1.29 is 5.11 Å².